The summed E-state index contributed by atoms with van der Waals surface area (Å²) in [6, 6.07) is 28.3. The number of carbonyl (C=O) groups is 4. The Morgan fingerprint density at radius 1 is 0.767 bits per heavy atom. The molecule has 4 aromatic rings. The number of nitrogens with one attached hydrogen (secondary N) is 1. The van der Waals surface area contributed by atoms with E-state index < -0.39 is 36.4 Å². The molecule has 8 rings (SSSR count). The summed E-state index contributed by atoms with van der Waals surface area (Å²) in [6.07, 6.45) is 1.69. The predicted octanol–water partition coefficient (Wildman–Crippen LogP) is 5.77. The van der Waals surface area contributed by atoms with Crippen molar-refractivity contribution < 1.29 is 23.9 Å². The second kappa shape index (κ2) is 10.8. The van der Waals surface area contributed by atoms with Crippen LogP contribution in [0.5, 0.6) is 0 Å². The second-order valence-electron chi connectivity index (χ2n) is 11.7. The lowest BCUT2D eigenvalue weighted by Crippen LogP contribution is -2.47. The zero-order valence-electron chi connectivity index (χ0n) is 23.9. The van der Waals surface area contributed by atoms with Crippen molar-refractivity contribution in [3.63, 3.8) is 0 Å². The lowest BCUT2D eigenvalue weighted by atomic mass is 9.55. The van der Waals surface area contributed by atoms with Crippen LogP contribution in [0, 0.1) is 11.8 Å². The Morgan fingerprint density at radius 3 is 1.88 bits per heavy atom. The van der Waals surface area contributed by atoms with Gasteiger partial charge in [0.05, 0.1) is 11.8 Å². The quantitative estimate of drug-likeness (QED) is 0.214. The molecule has 3 amide bonds. The molecule has 4 aliphatic rings. The van der Waals surface area contributed by atoms with Crippen molar-refractivity contribution in [2.45, 2.75) is 44.1 Å². The normalized spacial score (nSPS) is 22.1. The zero-order valence-corrected chi connectivity index (χ0v) is 23.9. The summed E-state index contributed by atoms with van der Waals surface area (Å²) in [7, 11) is 0. The molecule has 0 saturated carbocycles. The smallest absolute Gasteiger partial charge is 0.329 e. The highest BCUT2D eigenvalue weighted by molar-refractivity contribution is 6.10. The Hall–Kier alpha value is -4.78. The highest BCUT2D eigenvalue weighted by Gasteiger charge is 2.63. The summed E-state index contributed by atoms with van der Waals surface area (Å²) in [6.45, 7) is 1.47. The number of likely N-dealkylation sites (tertiary alicyclic amines) is 1. The number of unbranched alkanes of at least 4 members (excludes halogenated alkanes) is 1. The van der Waals surface area contributed by atoms with E-state index >= 15 is 0 Å². The Labute approximate surface area is 249 Å². The van der Waals surface area contributed by atoms with E-state index in [0.717, 1.165) is 39.4 Å². The molecule has 0 aromatic heterocycles. The maximum atomic E-state index is 14.2. The van der Waals surface area contributed by atoms with Crippen LogP contribution in [0.15, 0.2) is 91.0 Å². The van der Waals surface area contributed by atoms with Gasteiger partial charge in [0, 0.05) is 22.9 Å². The van der Waals surface area contributed by atoms with E-state index in [2.05, 4.69) is 29.6 Å². The van der Waals surface area contributed by atoms with Crippen LogP contribution >= 0.6 is 0 Å². The van der Waals surface area contributed by atoms with E-state index in [1.807, 2.05) is 67.6 Å². The SMILES string of the molecule is CCCC[C@H](C(=O)OCC(=O)Nc1cccc2ccccc12)N1C(=O)[C@H]2C3c4ccccc4C(c4ccccc43)[C@@H]2C1=O. The fourth-order valence-corrected chi connectivity index (χ4v) is 7.51. The summed E-state index contributed by atoms with van der Waals surface area (Å²) >= 11 is 0. The van der Waals surface area contributed by atoms with Gasteiger partial charge in [0.25, 0.3) is 5.91 Å². The topological polar surface area (TPSA) is 92.8 Å². The average Bonchev–Trinajstić information content (AvgIpc) is 3.30. The average molecular weight is 573 g/mol. The molecule has 1 heterocycles. The van der Waals surface area contributed by atoms with E-state index in [9.17, 15) is 19.2 Å². The molecular weight excluding hydrogens is 540 g/mol. The number of hydrogen-bond donors (Lipinski definition) is 1. The summed E-state index contributed by atoms with van der Waals surface area (Å²) in [5, 5.41) is 4.67. The Morgan fingerprint density at radius 2 is 1.30 bits per heavy atom. The van der Waals surface area contributed by atoms with Gasteiger partial charge >= 0.3 is 5.97 Å². The van der Waals surface area contributed by atoms with Crippen molar-refractivity contribution in [1.82, 2.24) is 4.90 Å². The minimum atomic E-state index is -1.08. The Bertz CT molecular complexity index is 1660. The van der Waals surface area contributed by atoms with Gasteiger partial charge in [0.2, 0.25) is 11.8 Å². The largest absolute Gasteiger partial charge is 0.454 e. The monoisotopic (exact) mass is 572 g/mol. The lowest BCUT2D eigenvalue weighted by Gasteiger charge is -2.45. The van der Waals surface area contributed by atoms with Gasteiger partial charge in [-0.3, -0.25) is 19.3 Å². The van der Waals surface area contributed by atoms with Crippen LogP contribution in [0.1, 0.15) is 60.3 Å². The predicted molar refractivity (Wildman–Crippen MR) is 162 cm³/mol. The van der Waals surface area contributed by atoms with E-state index in [0.29, 0.717) is 12.1 Å². The molecule has 0 radical (unpaired) electrons. The molecule has 2 bridgehead atoms. The molecule has 3 aliphatic carbocycles. The molecule has 1 N–H and O–H groups in total. The Kier molecular flexibility index (Phi) is 6.80. The molecule has 7 heteroatoms. The van der Waals surface area contributed by atoms with Crippen LogP contribution in [-0.4, -0.2) is 41.2 Å². The van der Waals surface area contributed by atoms with Crippen molar-refractivity contribution in [1.29, 1.82) is 0 Å². The number of carbonyl (C=O) groups excluding carboxylic acids is 4. The minimum absolute atomic E-state index is 0.252. The third kappa shape index (κ3) is 4.33. The van der Waals surface area contributed by atoms with E-state index in [1.54, 1.807) is 6.07 Å². The van der Waals surface area contributed by atoms with Crippen LogP contribution < -0.4 is 5.32 Å². The van der Waals surface area contributed by atoms with Gasteiger partial charge < -0.3 is 10.1 Å². The molecule has 1 saturated heterocycles. The molecule has 4 aromatic carbocycles. The molecule has 0 spiro atoms. The Balaban J connectivity index is 1.14. The molecule has 0 unspecified atom stereocenters. The molecule has 3 atom stereocenters. The number of fused-ring (bicyclic) bond motifs is 1. The molecular formula is C36H32N2O5. The fourth-order valence-electron chi connectivity index (χ4n) is 7.51. The number of hydrogen-bond acceptors (Lipinski definition) is 5. The number of imide groups is 1. The summed E-state index contributed by atoms with van der Waals surface area (Å²) < 4.78 is 5.51. The van der Waals surface area contributed by atoms with Crippen molar-refractivity contribution in [2.24, 2.45) is 11.8 Å². The summed E-state index contributed by atoms with van der Waals surface area (Å²) in [5.41, 5.74) is 4.92. The third-order valence-electron chi connectivity index (χ3n) is 9.31. The highest BCUT2D eigenvalue weighted by Crippen LogP contribution is 2.61. The first-order chi connectivity index (χ1) is 21.0. The number of rotatable bonds is 8. The summed E-state index contributed by atoms with van der Waals surface area (Å²) in [5.74, 6) is -3.53. The minimum Gasteiger partial charge on any atom is -0.454 e. The van der Waals surface area contributed by atoms with Crippen LogP contribution in [0.25, 0.3) is 10.8 Å². The number of esters is 1. The van der Waals surface area contributed by atoms with Gasteiger partial charge in [0.15, 0.2) is 6.61 Å². The summed E-state index contributed by atoms with van der Waals surface area (Å²) in [4.78, 5) is 56.0. The zero-order chi connectivity index (χ0) is 29.7. The highest BCUT2D eigenvalue weighted by atomic mass is 16.5. The van der Waals surface area contributed by atoms with Gasteiger partial charge in [-0.25, -0.2) is 4.79 Å². The van der Waals surface area contributed by atoms with Gasteiger partial charge in [-0.2, -0.15) is 0 Å². The van der Waals surface area contributed by atoms with Crippen molar-refractivity contribution in [3.05, 3.63) is 113 Å². The van der Waals surface area contributed by atoms with Gasteiger partial charge in [-0.05, 0) is 40.1 Å². The number of amides is 3. The molecule has 1 fully saturated rings. The number of ether oxygens (including phenoxy) is 1. The lowest BCUT2D eigenvalue weighted by molar-refractivity contribution is -0.160. The van der Waals surface area contributed by atoms with E-state index in [-0.39, 0.29) is 30.1 Å². The number of benzene rings is 4. The van der Waals surface area contributed by atoms with E-state index in [1.165, 1.54) is 4.90 Å². The van der Waals surface area contributed by atoms with Crippen molar-refractivity contribution in [2.75, 3.05) is 11.9 Å². The first-order valence-electron chi connectivity index (χ1n) is 15.0. The molecule has 7 nitrogen and oxygen atoms in total. The van der Waals surface area contributed by atoms with Gasteiger partial charge in [-0.1, -0.05) is 105 Å². The van der Waals surface area contributed by atoms with Crippen LogP contribution in [0.4, 0.5) is 5.69 Å². The maximum absolute atomic E-state index is 14.2. The van der Waals surface area contributed by atoms with Gasteiger partial charge in [0.1, 0.15) is 6.04 Å². The first kappa shape index (κ1) is 27.1. The third-order valence-corrected chi connectivity index (χ3v) is 9.31. The number of nitrogens with zero attached hydrogens (tertiary/aromatic N) is 1. The standard InChI is InChI=1S/C36H32N2O5/c1-2-3-19-28(36(42)43-20-29(39)37-27-18-10-12-21-11-4-5-13-22(21)27)38-34(40)32-30-23-14-6-7-15-24(23)31(33(32)35(38)41)26-17-9-8-16-25(26)30/h4-18,28,30-33H,2-3,19-20H2,1H3,(H,37,39)/t28-,30?,31?,32+,33+/m1/s1. The van der Waals surface area contributed by atoms with E-state index in [4.69, 9.17) is 4.74 Å². The van der Waals surface area contributed by atoms with Crippen LogP contribution in [0.2, 0.25) is 0 Å². The second-order valence-corrected chi connectivity index (χ2v) is 11.7. The fraction of sp³-hybridized carbons (Fsp3) is 0.278. The first-order valence-corrected chi connectivity index (χ1v) is 15.0. The van der Waals surface area contributed by atoms with Gasteiger partial charge in [-0.15, -0.1) is 0 Å². The van der Waals surface area contributed by atoms with Crippen molar-refractivity contribution in [3.8, 4) is 0 Å². The maximum Gasteiger partial charge on any atom is 0.329 e. The van der Waals surface area contributed by atoms with Crippen LogP contribution in [0.3, 0.4) is 0 Å². The van der Waals surface area contributed by atoms with Crippen LogP contribution in [-0.2, 0) is 23.9 Å². The number of anilines is 1. The molecule has 1 aliphatic heterocycles. The van der Waals surface area contributed by atoms with Crippen molar-refractivity contribution >= 4 is 40.2 Å². The molecule has 43 heavy (non-hydrogen) atoms. The molecule has 216 valence electrons.